The van der Waals surface area contributed by atoms with E-state index in [1.165, 1.54) is 0 Å². The number of anilines is 2. The molecule has 14 heteroatoms. The van der Waals surface area contributed by atoms with Gasteiger partial charge in [0.1, 0.15) is 0 Å². The van der Waals surface area contributed by atoms with Gasteiger partial charge in [0, 0.05) is 26.2 Å². The fraction of sp³-hybridized carbons (Fsp3) is 0.591. The highest BCUT2D eigenvalue weighted by atomic mass is 19.2. The van der Waals surface area contributed by atoms with Crippen LogP contribution in [0.5, 0.6) is 11.8 Å². The second-order valence-corrected chi connectivity index (χ2v) is 8.09. The van der Waals surface area contributed by atoms with Crippen molar-refractivity contribution in [2.24, 2.45) is 5.73 Å². The van der Waals surface area contributed by atoms with Crippen LogP contribution in [0.25, 0.3) is 0 Å². The summed E-state index contributed by atoms with van der Waals surface area (Å²) in [6.45, 7) is 2.04. The fourth-order valence-corrected chi connectivity index (χ4v) is 3.67. The summed E-state index contributed by atoms with van der Waals surface area (Å²) in [4.78, 5) is 14.1. The molecule has 9 nitrogen and oxygen atoms in total. The highest BCUT2D eigenvalue weighted by Crippen LogP contribution is 2.32. The lowest BCUT2D eigenvalue weighted by atomic mass is 9.95. The van der Waals surface area contributed by atoms with E-state index in [1.54, 1.807) is 11.9 Å². The number of nitrogens with two attached hydrogens (primary N) is 1. The summed E-state index contributed by atoms with van der Waals surface area (Å²) >= 11 is 0. The highest BCUT2D eigenvalue weighted by molar-refractivity contribution is 5.40. The van der Waals surface area contributed by atoms with Crippen LogP contribution in [0.2, 0.25) is 0 Å². The third-order valence-corrected chi connectivity index (χ3v) is 5.57. The molecule has 1 aromatic carbocycles. The van der Waals surface area contributed by atoms with Crippen LogP contribution in [-0.4, -0.2) is 67.6 Å². The molecule has 0 spiro atoms. The summed E-state index contributed by atoms with van der Waals surface area (Å²) in [5.74, 6) is -12.2. The highest BCUT2D eigenvalue weighted by Gasteiger charge is 2.29. The van der Waals surface area contributed by atoms with Gasteiger partial charge in [-0.25, -0.2) is 13.2 Å². The van der Waals surface area contributed by atoms with Crippen molar-refractivity contribution in [2.45, 2.75) is 38.1 Å². The van der Waals surface area contributed by atoms with E-state index in [0.717, 1.165) is 32.1 Å². The normalized spacial score (nSPS) is 14.2. The van der Waals surface area contributed by atoms with Crippen LogP contribution < -0.4 is 20.7 Å². The van der Waals surface area contributed by atoms with Crippen LogP contribution >= 0.6 is 0 Å². The Bertz CT molecular complexity index is 984. The average Bonchev–Trinajstić information content (AvgIpc) is 2.90. The van der Waals surface area contributed by atoms with E-state index in [-0.39, 0.29) is 31.1 Å². The molecule has 0 radical (unpaired) electrons. The number of hydrogen-bond acceptors (Lipinski definition) is 9. The van der Waals surface area contributed by atoms with Crippen LogP contribution in [0, 0.1) is 29.1 Å². The molecular weight excluding hydrogens is 491 g/mol. The average molecular weight is 521 g/mol. The molecule has 0 aliphatic heterocycles. The van der Waals surface area contributed by atoms with Gasteiger partial charge in [-0.1, -0.05) is 19.3 Å². The molecule has 0 atom stereocenters. The van der Waals surface area contributed by atoms with E-state index in [9.17, 15) is 22.0 Å². The Kier molecular flexibility index (Phi) is 10.4. The van der Waals surface area contributed by atoms with Crippen molar-refractivity contribution >= 4 is 11.9 Å². The quantitative estimate of drug-likeness (QED) is 0.178. The van der Waals surface area contributed by atoms with Crippen molar-refractivity contribution in [1.82, 2.24) is 15.0 Å². The predicted octanol–water partition coefficient (Wildman–Crippen LogP) is 3.53. The molecule has 0 unspecified atom stereocenters. The molecule has 200 valence electrons. The van der Waals surface area contributed by atoms with Crippen molar-refractivity contribution < 1.29 is 36.2 Å². The lowest BCUT2D eigenvalue weighted by Crippen LogP contribution is -2.35. The minimum atomic E-state index is -2.29. The number of nitrogens with zero attached hydrogens (tertiary/aromatic N) is 4. The lowest BCUT2D eigenvalue weighted by molar-refractivity contribution is 0.0547. The Morgan fingerprint density at radius 2 is 1.44 bits per heavy atom. The molecule has 0 amide bonds. The number of ether oxygens (including phenoxy) is 3. The molecule has 1 aromatic heterocycles. The number of hydrogen-bond donors (Lipinski definition) is 2. The molecule has 1 heterocycles. The smallest absolute Gasteiger partial charge is 0.328 e. The van der Waals surface area contributed by atoms with Crippen LogP contribution in [-0.2, 0) is 9.47 Å². The minimum Gasteiger partial charge on any atom is -0.418 e. The number of rotatable bonds is 13. The second kappa shape index (κ2) is 13.5. The van der Waals surface area contributed by atoms with E-state index < -0.39 is 40.8 Å². The van der Waals surface area contributed by atoms with E-state index in [0.29, 0.717) is 26.4 Å². The summed E-state index contributed by atoms with van der Waals surface area (Å²) in [5, 5.41) is 2.88. The summed E-state index contributed by atoms with van der Waals surface area (Å²) in [7, 11) is 1.75. The van der Waals surface area contributed by atoms with Gasteiger partial charge < -0.3 is 30.2 Å². The van der Waals surface area contributed by atoms with Crippen molar-refractivity contribution in [3.8, 4) is 11.8 Å². The van der Waals surface area contributed by atoms with Gasteiger partial charge in [0.05, 0.1) is 26.4 Å². The standard InChI is InChI=1S/C22H29F5N6O3/c1-33(13-5-3-2-4-6-13)21-30-20(29-8-10-35-12-11-34-9-7-28)31-22(32-21)36-19-17(26)15(24)14(23)16(25)18(19)27/h13H,2-12,28H2,1H3,(H,29,30,31,32). The maximum Gasteiger partial charge on any atom is 0.328 e. The van der Waals surface area contributed by atoms with Crippen molar-refractivity contribution in [3.05, 3.63) is 29.1 Å². The predicted molar refractivity (Wildman–Crippen MR) is 121 cm³/mol. The van der Waals surface area contributed by atoms with Gasteiger partial charge in [-0.05, 0) is 12.8 Å². The number of benzene rings is 1. The number of nitrogens with one attached hydrogen (secondary N) is 1. The van der Waals surface area contributed by atoms with Crippen molar-refractivity contribution in [1.29, 1.82) is 0 Å². The third-order valence-electron chi connectivity index (χ3n) is 5.57. The van der Waals surface area contributed by atoms with E-state index >= 15 is 0 Å². The first-order valence-corrected chi connectivity index (χ1v) is 11.6. The van der Waals surface area contributed by atoms with Gasteiger partial charge in [0.2, 0.25) is 46.7 Å². The molecule has 0 bridgehead atoms. The monoisotopic (exact) mass is 520 g/mol. The lowest BCUT2D eigenvalue weighted by Gasteiger charge is -2.31. The van der Waals surface area contributed by atoms with E-state index in [1.807, 2.05) is 0 Å². The zero-order valence-electron chi connectivity index (χ0n) is 19.8. The number of halogens is 5. The summed E-state index contributed by atoms with van der Waals surface area (Å²) < 4.78 is 84.6. The molecule has 0 saturated heterocycles. The summed E-state index contributed by atoms with van der Waals surface area (Å²) in [6.07, 6.45) is 4.93. The Balaban J connectivity index is 1.78. The Hall–Kier alpha value is -2.84. The maximum atomic E-state index is 14.2. The molecule has 1 aliphatic carbocycles. The molecule has 1 fully saturated rings. The third kappa shape index (κ3) is 7.11. The van der Waals surface area contributed by atoms with Crippen LogP contribution in [0.1, 0.15) is 32.1 Å². The molecule has 3 N–H and O–H groups in total. The van der Waals surface area contributed by atoms with Gasteiger partial charge in [-0.3, -0.25) is 0 Å². The largest absolute Gasteiger partial charge is 0.418 e. The topological polar surface area (TPSA) is 108 Å². The molecule has 1 aliphatic rings. The number of aromatic nitrogens is 3. The van der Waals surface area contributed by atoms with Crippen LogP contribution in [0.4, 0.5) is 33.8 Å². The summed E-state index contributed by atoms with van der Waals surface area (Å²) in [6, 6.07) is -0.530. The molecule has 3 rings (SSSR count). The molecule has 2 aromatic rings. The van der Waals surface area contributed by atoms with Crippen molar-refractivity contribution in [2.75, 3.05) is 56.8 Å². The van der Waals surface area contributed by atoms with Gasteiger partial charge >= 0.3 is 6.01 Å². The Labute approximate surface area is 205 Å². The van der Waals surface area contributed by atoms with Crippen LogP contribution in [0.3, 0.4) is 0 Å². The van der Waals surface area contributed by atoms with Crippen LogP contribution in [0.15, 0.2) is 0 Å². The first kappa shape index (κ1) is 27.7. The maximum absolute atomic E-state index is 14.2. The first-order chi connectivity index (χ1) is 17.3. The van der Waals surface area contributed by atoms with Crippen molar-refractivity contribution in [3.63, 3.8) is 0 Å². The summed E-state index contributed by atoms with van der Waals surface area (Å²) in [5.41, 5.74) is 5.33. The minimum absolute atomic E-state index is 0.0236. The Morgan fingerprint density at radius 3 is 2.08 bits per heavy atom. The van der Waals surface area contributed by atoms with Gasteiger partial charge in [-0.2, -0.15) is 23.7 Å². The van der Waals surface area contributed by atoms with Gasteiger partial charge in [0.15, 0.2) is 0 Å². The Morgan fingerprint density at radius 1 is 0.833 bits per heavy atom. The zero-order chi connectivity index (χ0) is 26.1. The van der Waals surface area contributed by atoms with Gasteiger partial charge in [0.25, 0.3) is 0 Å². The molecule has 36 heavy (non-hydrogen) atoms. The van der Waals surface area contributed by atoms with Gasteiger partial charge in [-0.15, -0.1) is 0 Å². The van der Waals surface area contributed by atoms with E-state index in [2.05, 4.69) is 20.3 Å². The van der Waals surface area contributed by atoms with E-state index in [4.69, 9.17) is 19.9 Å². The molecular formula is C22H29F5N6O3. The second-order valence-electron chi connectivity index (χ2n) is 8.09. The zero-order valence-corrected chi connectivity index (χ0v) is 19.8. The SMILES string of the molecule is CN(c1nc(NCCOCCOCCN)nc(Oc2c(F)c(F)c(F)c(F)c2F)n1)C1CCCCC1. The first-order valence-electron chi connectivity index (χ1n) is 11.6. The fourth-order valence-electron chi connectivity index (χ4n) is 3.67. The molecule has 1 saturated carbocycles.